The van der Waals surface area contributed by atoms with Gasteiger partial charge >= 0.3 is 0 Å². The van der Waals surface area contributed by atoms with Gasteiger partial charge in [0.25, 0.3) is 0 Å². The third kappa shape index (κ3) is 6.52. The molecular formula is C26H27BrClNO2. The quantitative estimate of drug-likeness (QED) is 0.289. The Morgan fingerprint density at radius 3 is 2.48 bits per heavy atom. The van der Waals surface area contributed by atoms with Crippen molar-refractivity contribution < 1.29 is 9.47 Å². The fourth-order valence-electron chi connectivity index (χ4n) is 3.20. The second-order valence-electron chi connectivity index (χ2n) is 7.24. The van der Waals surface area contributed by atoms with E-state index in [9.17, 15) is 0 Å². The van der Waals surface area contributed by atoms with Crippen LogP contribution in [0.25, 0.3) is 0 Å². The Labute approximate surface area is 198 Å². The van der Waals surface area contributed by atoms with Crippen LogP contribution in [0.4, 0.5) is 5.69 Å². The monoisotopic (exact) mass is 499 g/mol. The van der Waals surface area contributed by atoms with Gasteiger partial charge in [0.2, 0.25) is 0 Å². The SMILES string of the molecule is C=CCc1cc(CNc2ccc(C)c(Cl)c2)cc(OCC)c1OCc1ccc(Br)cc1. The number of hydrogen-bond donors (Lipinski definition) is 1. The molecule has 0 aliphatic heterocycles. The normalized spacial score (nSPS) is 10.6. The Morgan fingerprint density at radius 1 is 1.03 bits per heavy atom. The van der Waals surface area contributed by atoms with Gasteiger partial charge in [0, 0.05) is 27.3 Å². The molecule has 0 saturated carbocycles. The topological polar surface area (TPSA) is 30.5 Å². The molecule has 0 aliphatic rings. The first kappa shape index (κ1) is 23.2. The molecule has 3 rings (SSSR count). The highest BCUT2D eigenvalue weighted by Gasteiger charge is 2.14. The highest BCUT2D eigenvalue weighted by Crippen LogP contribution is 2.35. The first-order valence-corrected chi connectivity index (χ1v) is 11.4. The molecule has 0 fully saturated rings. The van der Waals surface area contributed by atoms with Crippen LogP contribution >= 0.6 is 27.5 Å². The van der Waals surface area contributed by atoms with Crippen molar-refractivity contribution in [2.45, 2.75) is 33.4 Å². The third-order valence-electron chi connectivity index (χ3n) is 4.82. The first-order chi connectivity index (χ1) is 15.0. The maximum Gasteiger partial charge on any atom is 0.165 e. The van der Waals surface area contributed by atoms with E-state index in [0.29, 0.717) is 26.2 Å². The fraction of sp³-hybridized carbons (Fsp3) is 0.231. The average Bonchev–Trinajstić information content (AvgIpc) is 2.75. The number of nitrogens with one attached hydrogen (secondary N) is 1. The van der Waals surface area contributed by atoms with Gasteiger partial charge in [0.05, 0.1) is 6.61 Å². The molecule has 0 atom stereocenters. The lowest BCUT2D eigenvalue weighted by molar-refractivity contribution is 0.267. The molecule has 0 unspecified atom stereocenters. The molecule has 1 N–H and O–H groups in total. The minimum Gasteiger partial charge on any atom is -0.490 e. The van der Waals surface area contributed by atoms with Gasteiger partial charge < -0.3 is 14.8 Å². The molecular weight excluding hydrogens is 474 g/mol. The smallest absolute Gasteiger partial charge is 0.165 e. The van der Waals surface area contributed by atoms with Crippen LogP contribution in [0.5, 0.6) is 11.5 Å². The molecule has 0 spiro atoms. The molecule has 0 saturated heterocycles. The van der Waals surface area contributed by atoms with Crippen LogP contribution in [0.2, 0.25) is 5.02 Å². The molecule has 0 aromatic heterocycles. The molecule has 0 amide bonds. The zero-order valence-electron chi connectivity index (χ0n) is 17.9. The summed E-state index contributed by atoms with van der Waals surface area (Å²) in [5.74, 6) is 1.52. The molecule has 3 aromatic carbocycles. The highest BCUT2D eigenvalue weighted by atomic mass is 79.9. The van der Waals surface area contributed by atoms with Crippen LogP contribution in [0, 0.1) is 6.92 Å². The Morgan fingerprint density at radius 2 is 1.81 bits per heavy atom. The summed E-state index contributed by atoms with van der Waals surface area (Å²) in [5, 5.41) is 4.19. The summed E-state index contributed by atoms with van der Waals surface area (Å²) >= 11 is 9.72. The van der Waals surface area contributed by atoms with Crippen molar-refractivity contribution in [3.63, 3.8) is 0 Å². The van der Waals surface area contributed by atoms with Gasteiger partial charge in [-0.15, -0.1) is 6.58 Å². The molecule has 0 bridgehead atoms. The first-order valence-electron chi connectivity index (χ1n) is 10.3. The van der Waals surface area contributed by atoms with E-state index in [4.69, 9.17) is 21.1 Å². The van der Waals surface area contributed by atoms with Crippen molar-refractivity contribution in [3.8, 4) is 11.5 Å². The number of halogens is 2. The minimum atomic E-state index is 0.469. The van der Waals surface area contributed by atoms with Crippen molar-refractivity contribution in [2.24, 2.45) is 0 Å². The second-order valence-corrected chi connectivity index (χ2v) is 8.56. The molecule has 0 aliphatic carbocycles. The number of hydrogen-bond acceptors (Lipinski definition) is 3. The molecule has 31 heavy (non-hydrogen) atoms. The highest BCUT2D eigenvalue weighted by molar-refractivity contribution is 9.10. The number of allylic oxidation sites excluding steroid dienone is 1. The van der Waals surface area contributed by atoms with E-state index in [1.165, 1.54) is 0 Å². The maximum atomic E-state index is 6.25. The van der Waals surface area contributed by atoms with E-state index in [1.807, 2.05) is 68.5 Å². The van der Waals surface area contributed by atoms with E-state index >= 15 is 0 Å². The third-order valence-corrected chi connectivity index (χ3v) is 5.76. The summed E-state index contributed by atoms with van der Waals surface area (Å²) in [6.07, 6.45) is 2.58. The molecule has 162 valence electrons. The summed E-state index contributed by atoms with van der Waals surface area (Å²) in [6, 6.07) is 18.3. The number of rotatable bonds is 10. The number of anilines is 1. The van der Waals surface area contributed by atoms with E-state index in [0.717, 1.165) is 48.9 Å². The van der Waals surface area contributed by atoms with Gasteiger partial charge in [-0.3, -0.25) is 0 Å². The van der Waals surface area contributed by atoms with Gasteiger partial charge in [-0.1, -0.05) is 51.8 Å². The predicted molar refractivity (Wildman–Crippen MR) is 134 cm³/mol. The standard InChI is InChI=1S/C26H27BrClNO2/c1-4-6-21-13-20(16-29-23-12-7-18(3)24(28)15-23)14-25(30-5-2)26(21)31-17-19-8-10-22(27)11-9-19/h4,7-15,29H,1,5-6,16-17H2,2-3H3. The van der Waals surface area contributed by atoms with Crippen LogP contribution in [0.15, 0.2) is 71.7 Å². The molecule has 0 radical (unpaired) electrons. The lowest BCUT2D eigenvalue weighted by atomic mass is 10.0. The van der Waals surface area contributed by atoms with E-state index in [2.05, 4.69) is 33.9 Å². The van der Waals surface area contributed by atoms with Crippen LogP contribution in [0.1, 0.15) is 29.2 Å². The van der Waals surface area contributed by atoms with Crippen molar-refractivity contribution in [1.29, 1.82) is 0 Å². The van der Waals surface area contributed by atoms with E-state index < -0.39 is 0 Å². The maximum absolute atomic E-state index is 6.25. The summed E-state index contributed by atoms with van der Waals surface area (Å²) in [4.78, 5) is 0. The molecule has 0 heterocycles. The number of ether oxygens (including phenoxy) is 2. The summed E-state index contributed by atoms with van der Waals surface area (Å²) in [5.41, 5.74) is 5.29. The summed E-state index contributed by atoms with van der Waals surface area (Å²) in [7, 11) is 0. The van der Waals surface area contributed by atoms with Gasteiger partial charge in [-0.05, 0) is 73.4 Å². The van der Waals surface area contributed by atoms with Crippen molar-refractivity contribution in [1.82, 2.24) is 0 Å². The predicted octanol–water partition coefficient (Wildman–Crippen LogP) is 7.73. The van der Waals surface area contributed by atoms with Crippen molar-refractivity contribution in [3.05, 3.63) is 99.0 Å². The van der Waals surface area contributed by atoms with Gasteiger partial charge in [-0.2, -0.15) is 0 Å². The molecule has 3 aromatic rings. The van der Waals surface area contributed by atoms with Crippen LogP contribution in [0.3, 0.4) is 0 Å². The fourth-order valence-corrected chi connectivity index (χ4v) is 3.65. The largest absolute Gasteiger partial charge is 0.490 e. The van der Waals surface area contributed by atoms with Gasteiger partial charge in [0.15, 0.2) is 11.5 Å². The average molecular weight is 501 g/mol. The zero-order valence-corrected chi connectivity index (χ0v) is 20.2. The number of benzene rings is 3. The van der Waals surface area contributed by atoms with Crippen LogP contribution in [-0.2, 0) is 19.6 Å². The second kappa shape index (κ2) is 11.3. The minimum absolute atomic E-state index is 0.469. The lowest BCUT2D eigenvalue weighted by Crippen LogP contribution is -2.06. The number of aryl methyl sites for hydroxylation is 1. The van der Waals surface area contributed by atoms with Crippen molar-refractivity contribution in [2.75, 3.05) is 11.9 Å². The Bertz CT molecular complexity index is 1030. The van der Waals surface area contributed by atoms with E-state index in [1.54, 1.807) is 0 Å². The van der Waals surface area contributed by atoms with Crippen molar-refractivity contribution >= 4 is 33.2 Å². The van der Waals surface area contributed by atoms with Gasteiger partial charge in [-0.25, -0.2) is 0 Å². The van der Waals surface area contributed by atoms with Gasteiger partial charge in [0.1, 0.15) is 6.61 Å². The van der Waals surface area contributed by atoms with E-state index in [-0.39, 0.29) is 0 Å². The lowest BCUT2D eigenvalue weighted by Gasteiger charge is -2.18. The Balaban J connectivity index is 1.82. The van der Waals surface area contributed by atoms with Crippen LogP contribution < -0.4 is 14.8 Å². The molecule has 3 nitrogen and oxygen atoms in total. The summed E-state index contributed by atoms with van der Waals surface area (Å²) in [6.45, 7) is 9.56. The van der Waals surface area contributed by atoms with Crippen LogP contribution in [-0.4, -0.2) is 6.61 Å². The summed E-state index contributed by atoms with van der Waals surface area (Å²) < 4.78 is 13.2. The molecule has 5 heteroatoms. The Hall–Kier alpha value is -2.43. The zero-order chi connectivity index (χ0) is 22.2. The Kier molecular flexibility index (Phi) is 8.44.